The Morgan fingerprint density at radius 3 is 2.57 bits per heavy atom. The summed E-state index contributed by atoms with van der Waals surface area (Å²) in [5, 5.41) is 8.57. The van der Waals surface area contributed by atoms with Crippen LogP contribution in [0.5, 0.6) is 0 Å². The third kappa shape index (κ3) is 5.95. The summed E-state index contributed by atoms with van der Waals surface area (Å²) in [5.41, 5.74) is 0.606. The summed E-state index contributed by atoms with van der Waals surface area (Å²) in [4.78, 5) is 11.2. The minimum atomic E-state index is -3.66. The van der Waals surface area contributed by atoms with Crippen molar-refractivity contribution in [2.45, 2.75) is 18.2 Å². The van der Waals surface area contributed by atoms with Crippen molar-refractivity contribution in [2.75, 3.05) is 19.8 Å². The molecule has 0 saturated carbocycles. The predicted molar refractivity (Wildman–Crippen MR) is 76.8 cm³/mol. The van der Waals surface area contributed by atoms with Crippen molar-refractivity contribution < 1.29 is 23.1 Å². The molecule has 21 heavy (non-hydrogen) atoms. The molecule has 0 spiro atoms. The first-order valence-electron chi connectivity index (χ1n) is 6.34. The van der Waals surface area contributed by atoms with E-state index < -0.39 is 16.0 Å². The molecule has 0 heterocycles. The highest BCUT2D eigenvalue weighted by Gasteiger charge is 2.14. The number of carbonyl (C=O) groups excluding carboxylic acids is 1. The largest absolute Gasteiger partial charge is 0.466 e. The van der Waals surface area contributed by atoms with Crippen LogP contribution in [0.15, 0.2) is 29.2 Å². The van der Waals surface area contributed by atoms with E-state index in [-0.39, 0.29) is 31.1 Å². The van der Waals surface area contributed by atoms with E-state index in [0.717, 1.165) is 0 Å². The first-order chi connectivity index (χ1) is 9.99. The third-order valence-corrected chi connectivity index (χ3v) is 3.88. The maximum absolute atomic E-state index is 12.0. The number of hydrogen-bond acceptors (Lipinski definition) is 5. The summed E-state index contributed by atoms with van der Waals surface area (Å²) in [6.07, 6.45) is -0.0207. The smallest absolute Gasteiger partial charge is 0.307 e. The zero-order valence-electron chi connectivity index (χ0n) is 11.6. The van der Waals surface area contributed by atoms with Crippen molar-refractivity contribution in [2.24, 2.45) is 0 Å². The van der Waals surface area contributed by atoms with Gasteiger partial charge in [0.25, 0.3) is 0 Å². The Kier molecular flexibility index (Phi) is 6.88. The van der Waals surface area contributed by atoms with Crippen LogP contribution in [0.1, 0.15) is 18.9 Å². The average Bonchev–Trinajstić information content (AvgIpc) is 2.45. The molecule has 0 atom stereocenters. The fourth-order valence-electron chi connectivity index (χ4n) is 1.46. The van der Waals surface area contributed by atoms with Crippen molar-refractivity contribution in [3.8, 4) is 11.8 Å². The number of rotatable bonds is 6. The first kappa shape index (κ1) is 17.2. The van der Waals surface area contributed by atoms with Crippen LogP contribution in [0.2, 0.25) is 0 Å². The molecule has 1 aromatic carbocycles. The minimum absolute atomic E-state index is 0.0206. The van der Waals surface area contributed by atoms with Crippen LogP contribution < -0.4 is 4.72 Å². The molecule has 114 valence electrons. The van der Waals surface area contributed by atoms with Crippen LogP contribution in [0, 0.1) is 11.8 Å². The minimum Gasteiger partial charge on any atom is -0.466 e. The standard InChI is InChI=1S/C14H17NO5S/c1-2-20-14(17)9-10-15-21(18,19)13-7-5-12(6-8-13)4-3-11-16/h5-8,15-16H,2,9-11H2,1H3. The summed E-state index contributed by atoms with van der Waals surface area (Å²) >= 11 is 0. The molecule has 0 radical (unpaired) electrons. The quantitative estimate of drug-likeness (QED) is 0.581. The number of nitrogens with one attached hydrogen (secondary N) is 1. The molecule has 0 aromatic heterocycles. The molecule has 0 amide bonds. The van der Waals surface area contributed by atoms with Gasteiger partial charge in [0.2, 0.25) is 10.0 Å². The molecule has 0 aliphatic heterocycles. The van der Waals surface area contributed by atoms with Gasteiger partial charge in [-0.3, -0.25) is 4.79 Å². The van der Waals surface area contributed by atoms with Crippen LogP contribution in [0.4, 0.5) is 0 Å². The Hall–Kier alpha value is -1.88. The number of ether oxygens (including phenoxy) is 1. The van der Waals surface area contributed by atoms with Gasteiger partial charge in [-0.05, 0) is 31.2 Å². The normalized spacial score (nSPS) is 10.6. The van der Waals surface area contributed by atoms with Gasteiger partial charge < -0.3 is 9.84 Å². The van der Waals surface area contributed by atoms with E-state index in [1.54, 1.807) is 19.1 Å². The van der Waals surface area contributed by atoms with E-state index in [2.05, 4.69) is 16.6 Å². The van der Waals surface area contributed by atoms with Gasteiger partial charge in [0.1, 0.15) is 6.61 Å². The first-order valence-corrected chi connectivity index (χ1v) is 7.83. The molecule has 0 unspecified atom stereocenters. The number of hydrogen-bond donors (Lipinski definition) is 2. The molecule has 2 N–H and O–H groups in total. The van der Waals surface area contributed by atoms with E-state index in [0.29, 0.717) is 5.56 Å². The Balaban J connectivity index is 2.64. The van der Waals surface area contributed by atoms with Crippen LogP contribution in [0.25, 0.3) is 0 Å². The van der Waals surface area contributed by atoms with Gasteiger partial charge in [-0.2, -0.15) is 0 Å². The Bertz CT molecular complexity index is 626. The predicted octanol–water partition coefficient (Wildman–Crippen LogP) is 0.262. The van der Waals surface area contributed by atoms with Gasteiger partial charge in [0.15, 0.2) is 0 Å². The molecule has 0 saturated heterocycles. The van der Waals surface area contributed by atoms with E-state index in [4.69, 9.17) is 9.84 Å². The van der Waals surface area contributed by atoms with Crippen molar-refractivity contribution in [1.82, 2.24) is 4.72 Å². The molecule has 6 nitrogen and oxygen atoms in total. The number of esters is 1. The number of benzene rings is 1. The van der Waals surface area contributed by atoms with E-state index in [1.807, 2.05) is 0 Å². The van der Waals surface area contributed by atoms with Crippen molar-refractivity contribution >= 4 is 16.0 Å². The zero-order valence-corrected chi connectivity index (χ0v) is 12.4. The van der Waals surface area contributed by atoms with Crippen LogP contribution in [-0.4, -0.2) is 39.3 Å². The monoisotopic (exact) mass is 311 g/mol. The molecule has 0 aliphatic rings. The molecule has 1 rings (SSSR count). The topological polar surface area (TPSA) is 92.7 Å². The molecule has 0 aliphatic carbocycles. The van der Waals surface area contributed by atoms with Crippen LogP contribution in [0.3, 0.4) is 0 Å². The van der Waals surface area contributed by atoms with E-state index in [1.165, 1.54) is 12.1 Å². The molecule has 7 heteroatoms. The van der Waals surface area contributed by atoms with Gasteiger partial charge in [-0.15, -0.1) is 0 Å². The molecule has 0 bridgehead atoms. The Morgan fingerprint density at radius 2 is 2.00 bits per heavy atom. The second-order valence-electron chi connectivity index (χ2n) is 3.94. The molecule has 1 aromatic rings. The van der Waals surface area contributed by atoms with Gasteiger partial charge in [-0.1, -0.05) is 11.8 Å². The summed E-state index contributed by atoms with van der Waals surface area (Å²) in [5.74, 6) is 4.69. The Labute approximate surface area is 124 Å². The molecule has 0 fully saturated rings. The summed E-state index contributed by atoms with van der Waals surface area (Å²) in [7, 11) is -3.66. The number of carbonyl (C=O) groups is 1. The number of aliphatic hydroxyl groups excluding tert-OH is 1. The van der Waals surface area contributed by atoms with Crippen molar-refractivity contribution in [3.63, 3.8) is 0 Å². The second-order valence-corrected chi connectivity index (χ2v) is 5.70. The van der Waals surface area contributed by atoms with Crippen LogP contribution >= 0.6 is 0 Å². The maximum atomic E-state index is 12.0. The second kappa shape index (κ2) is 8.42. The summed E-state index contributed by atoms with van der Waals surface area (Å²) < 4.78 is 30.9. The summed E-state index contributed by atoms with van der Waals surface area (Å²) in [6, 6.07) is 5.91. The maximum Gasteiger partial charge on any atom is 0.307 e. The Morgan fingerprint density at radius 1 is 1.33 bits per heavy atom. The third-order valence-electron chi connectivity index (χ3n) is 2.40. The highest BCUT2D eigenvalue weighted by Crippen LogP contribution is 2.09. The average molecular weight is 311 g/mol. The van der Waals surface area contributed by atoms with Gasteiger partial charge in [0, 0.05) is 12.1 Å². The fourth-order valence-corrected chi connectivity index (χ4v) is 2.49. The summed E-state index contributed by atoms with van der Waals surface area (Å²) in [6.45, 7) is 1.67. The van der Waals surface area contributed by atoms with Gasteiger partial charge in [-0.25, -0.2) is 13.1 Å². The number of sulfonamides is 1. The van der Waals surface area contributed by atoms with Gasteiger partial charge in [0.05, 0.1) is 17.9 Å². The van der Waals surface area contributed by atoms with Crippen LogP contribution in [-0.2, 0) is 19.6 Å². The SMILES string of the molecule is CCOC(=O)CCNS(=O)(=O)c1ccc(C#CCO)cc1. The van der Waals surface area contributed by atoms with Crippen molar-refractivity contribution in [1.29, 1.82) is 0 Å². The van der Waals surface area contributed by atoms with Crippen molar-refractivity contribution in [3.05, 3.63) is 29.8 Å². The highest BCUT2D eigenvalue weighted by molar-refractivity contribution is 7.89. The highest BCUT2D eigenvalue weighted by atomic mass is 32.2. The molecular formula is C14H17NO5S. The van der Waals surface area contributed by atoms with E-state index in [9.17, 15) is 13.2 Å². The lowest BCUT2D eigenvalue weighted by molar-refractivity contribution is -0.142. The number of aliphatic hydroxyl groups is 1. The lowest BCUT2D eigenvalue weighted by atomic mass is 10.2. The lowest BCUT2D eigenvalue weighted by Gasteiger charge is -2.06. The lowest BCUT2D eigenvalue weighted by Crippen LogP contribution is -2.26. The molecular weight excluding hydrogens is 294 g/mol. The van der Waals surface area contributed by atoms with E-state index >= 15 is 0 Å². The van der Waals surface area contributed by atoms with Gasteiger partial charge >= 0.3 is 5.97 Å². The fraction of sp³-hybridized carbons (Fsp3) is 0.357. The zero-order chi connectivity index (χ0) is 15.7.